The summed E-state index contributed by atoms with van der Waals surface area (Å²) in [5.41, 5.74) is 2.09. The molecule has 11 nitrogen and oxygen atoms in total. The largest absolute Gasteiger partial charge is 0.490 e. The zero-order chi connectivity index (χ0) is 29.2. The number of alkyl halides is 6. The van der Waals surface area contributed by atoms with Crippen LogP contribution in [0.15, 0.2) is 36.8 Å². The SMILES string of the molecule is O=C(NCc1cccnc1)C1CN(C2CCOCC2)Cc2ccnn21.O=C(O)C(F)(F)F.O=C(O)C(F)(F)F. The molecule has 1 saturated heterocycles. The molecule has 0 radical (unpaired) electrons. The van der Waals surface area contributed by atoms with Gasteiger partial charge >= 0.3 is 24.3 Å². The van der Waals surface area contributed by atoms with Crippen LogP contribution in [-0.4, -0.2) is 85.9 Å². The first-order chi connectivity index (χ1) is 18.2. The van der Waals surface area contributed by atoms with Crippen LogP contribution < -0.4 is 5.32 Å². The molecular weight excluding hydrogens is 544 g/mol. The number of ether oxygens (including phenoxy) is 1. The highest BCUT2D eigenvalue weighted by Crippen LogP contribution is 2.26. The van der Waals surface area contributed by atoms with Crippen molar-refractivity contribution in [1.82, 2.24) is 25.0 Å². The fraction of sp³-hybridized carbons (Fsp3) is 0.500. The Kier molecular flexibility index (Phi) is 11.2. The third-order valence-electron chi connectivity index (χ3n) is 5.50. The first-order valence-electron chi connectivity index (χ1n) is 11.3. The zero-order valence-corrected chi connectivity index (χ0v) is 20.2. The zero-order valence-electron chi connectivity index (χ0n) is 20.2. The number of carbonyl (C=O) groups excluding carboxylic acids is 1. The molecule has 1 unspecified atom stereocenters. The molecule has 2 aliphatic rings. The van der Waals surface area contributed by atoms with Crippen molar-refractivity contribution >= 4 is 17.8 Å². The number of amides is 1. The number of carboxylic acid groups (broad SMARTS) is 2. The van der Waals surface area contributed by atoms with Crippen LogP contribution in [0.4, 0.5) is 26.3 Å². The highest BCUT2D eigenvalue weighted by Gasteiger charge is 2.39. The molecule has 17 heteroatoms. The van der Waals surface area contributed by atoms with Crippen LogP contribution in [0.25, 0.3) is 0 Å². The summed E-state index contributed by atoms with van der Waals surface area (Å²) in [6.07, 6.45) is -2.83. The molecule has 0 aliphatic carbocycles. The first-order valence-corrected chi connectivity index (χ1v) is 11.3. The Labute approximate surface area is 217 Å². The summed E-state index contributed by atoms with van der Waals surface area (Å²) >= 11 is 0. The smallest absolute Gasteiger partial charge is 0.475 e. The lowest BCUT2D eigenvalue weighted by Gasteiger charge is -2.39. The molecule has 1 fully saturated rings. The maximum Gasteiger partial charge on any atom is 0.490 e. The van der Waals surface area contributed by atoms with E-state index in [0.717, 1.165) is 43.9 Å². The summed E-state index contributed by atoms with van der Waals surface area (Å²) in [6.45, 7) is 3.63. The van der Waals surface area contributed by atoms with E-state index >= 15 is 0 Å². The van der Waals surface area contributed by atoms with Crippen molar-refractivity contribution in [3.63, 3.8) is 0 Å². The van der Waals surface area contributed by atoms with Crippen LogP contribution in [-0.2, 0) is 32.2 Å². The number of aliphatic carboxylic acids is 2. The van der Waals surface area contributed by atoms with Gasteiger partial charge < -0.3 is 20.3 Å². The van der Waals surface area contributed by atoms with E-state index < -0.39 is 24.3 Å². The van der Waals surface area contributed by atoms with Gasteiger partial charge in [0.2, 0.25) is 5.91 Å². The molecule has 1 amide bonds. The Hall–Kier alpha value is -3.73. The van der Waals surface area contributed by atoms with Gasteiger partial charge in [0.25, 0.3) is 0 Å². The molecule has 4 heterocycles. The Balaban J connectivity index is 0.000000317. The number of pyridine rings is 1. The Morgan fingerprint density at radius 2 is 1.59 bits per heavy atom. The number of aromatic nitrogens is 3. The monoisotopic (exact) mass is 569 g/mol. The molecule has 2 aromatic rings. The second kappa shape index (κ2) is 13.9. The van der Waals surface area contributed by atoms with Gasteiger partial charge in [0.05, 0.1) is 5.69 Å². The third kappa shape index (κ3) is 10.2. The van der Waals surface area contributed by atoms with Crippen LogP contribution in [0.2, 0.25) is 0 Å². The van der Waals surface area contributed by atoms with E-state index in [2.05, 4.69) is 20.3 Å². The van der Waals surface area contributed by atoms with E-state index in [1.165, 1.54) is 0 Å². The van der Waals surface area contributed by atoms with E-state index in [0.29, 0.717) is 19.1 Å². The molecule has 0 saturated carbocycles. The van der Waals surface area contributed by atoms with Gasteiger partial charge in [0, 0.05) is 57.5 Å². The molecule has 0 aromatic carbocycles. The van der Waals surface area contributed by atoms with Crippen LogP contribution in [0.3, 0.4) is 0 Å². The molecular formula is C22H25F6N5O6. The fourth-order valence-corrected chi connectivity index (χ4v) is 3.65. The summed E-state index contributed by atoms with van der Waals surface area (Å²) in [7, 11) is 0. The molecule has 3 N–H and O–H groups in total. The number of fused-ring (bicyclic) bond motifs is 1. The molecule has 1 atom stereocenters. The highest BCUT2D eigenvalue weighted by atomic mass is 19.4. The third-order valence-corrected chi connectivity index (χ3v) is 5.50. The van der Waals surface area contributed by atoms with Crippen LogP contribution >= 0.6 is 0 Å². The van der Waals surface area contributed by atoms with E-state index in [4.69, 9.17) is 24.5 Å². The number of carbonyl (C=O) groups is 3. The molecule has 2 aromatic heterocycles. The quantitative estimate of drug-likeness (QED) is 0.473. The topological polar surface area (TPSA) is 147 Å². The highest BCUT2D eigenvalue weighted by molar-refractivity contribution is 5.80. The van der Waals surface area contributed by atoms with Gasteiger partial charge in [-0.3, -0.25) is 19.4 Å². The van der Waals surface area contributed by atoms with Crippen molar-refractivity contribution in [3.8, 4) is 0 Å². The van der Waals surface area contributed by atoms with E-state index in [-0.39, 0.29) is 11.9 Å². The van der Waals surface area contributed by atoms with Gasteiger partial charge in [-0.2, -0.15) is 31.4 Å². The number of nitrogens with zero attached hydrogens (tertiary/aromatic N) is 4. The Bertz CT molecular complexity index is 1070. The van der Waals surface area contributed by atoms with Crippen molar-refractivity contribution in [1.29, 1.82) is 0 Å². The van der Waals surface area contributed by atoms with Crippen molar-refractivity contribution in [2.24, 2.45) is 0 Å². The molecule has 0 bridgehead atoms. The van der Waals surface area contributed by atoms with Gasteiger partial charge in [0.15, 0.2) is 0 Å². The minimum absolute atomic E-state index is 0.00515. The average Bonchev–Trinajstić information content (AvgIpc) is 3.36. The summed E-state index contributed by atoms with van der Waals surface area (Å²) in [6, 6.07) is 6.03. The van der Waals surface area contributed by atoms with Crippen molar-refractivity contribution < 1.29 is 55.7 Å². The van der Waals surface area contributed by atoms with E-state index in [9.17, 15) is 31.1 Å². The lowest BCUT2D eigenvalue weighted by Crippen LogP contribution is -2.49. The molecule has 39 heavy (non-hydrogen) atoms. The van der Waals surface area contributed by atoms with E-state index in [1.807, 2.05) is 22.9 Å². The number of carboxylic acids is 2. The number of nitrogens with one attached hydrogen (secondary N) is 1. The first kappa shape index (κ1) is 31.5. The number of hydrogen-bond donors (Lipinski definition) is 3. The summed E-state index contributed by atoms with van der Waals surface area (Å²) in [5, 5.41) is 21.7. The second-order valence-electron chi connectivity index (χ2n) is 8.24. The van der Waals surface area contributed by atoms with Gasteiger partial charge in [0.1, 0.15) is 6.04 Å². The standard InChI is InChI=1S/C18H23N5O2.2C2HF3O2/c24-18(20-11-14-2-1-6-19-10-14)17-13-22(15-4-8-25-9-5-15)12-16-3-7-21-23(16)17;2*3-2(4,5)1(6)7/h1-3,6-7,10,15,17H,4-5,8-9,11-13H2,(H,20,24);2*(H,6,7). The van der Waals surface area contributed by atoms with Crippen molar-refractivity contribution in [2.75, 3.05) is 19.8 Å². The van der Waals surface area contributed by atoms with Crippen LogP contribution in [0.1, 0.15) is 30.1 Å². The lowest BCUT2D eigenvalue weighted by atomic mass is 10.0. The molecule has 216 valence electrons. The van der Waals surface area contributed by atoms with Gasteiger partial charge in [-0.05, 0) is 30.5 Å². The number of halogens is 6. The maximum absolute atomic E-state index is 12.8. The predicted octanol–water partition coefficient (Wildman–Crippen LogP) is 2.40. The Morgan fingerprint density at radius 3 is 2.10 bits per heavy atom. The minimum atomic E-state index is -5.08. The maximum atomic E-state index is 12.8. The summed E-state index contributed by atoms with van der Waals surface area (Å²) in [5.74, 6) is -5.51. The average molecular weight is 569 g/mol. The fourth-order valence-electron chi connectivity index (χ4n) is 3.65. The van der Waals surface area contributed by atoms with Crippen LogP contribution in [0.5, 0.6) is 0 Å². The number of rotatable bonds is 4. The van der Waals surface area contributed by atoms with Gasteiger partial charge in [-0.1, -0.05) is 6.07 Å². The van der Waals surface area contributed by atoms with Crippen molar-refractivity contribution in [3.05, 3.63) is 48.0 Å². The minimum Gasteiger partial charge on any atom is -0.475 e. The molecule has 0 spiro atoms. The second-order valence-corrected chi connectivity index (χ2v) is 8.24. The van der Waals surface area contributed by atoms with Crippen LogP contribution in [0, 0.1) is 0 Å². The lowest BCUT2D eigenvalue weighted by molar-refractivity contribution is -0.193. The summed E-state index contributed by atoms with van der Waals surface area (Å²) < 4.78 is 70.8. The molecule has 2 aliphatic heterocycles. The summed E-state index contributed by atoms with van der Waals surface area (Å²) in [4.78, 5) is 37.1. The van der Waals surface area contributed by atoms with Crippen molar-refractivity contribution in [2.45, 2.75) is 50.4 Å². The normalized spacial score (nSPS) is 17.9. The van der Waals surface area contributed by atoms with Gasteiger partial charge in [-0.15, -0.1) is 0 Å². The number of hydrogen-bond acceptors (Lipinski definition) is 7. The van der Waals surface area contributed by atoms with Gasteiger partial charge in [-0.25, -0.2) is 9.59 Å². The van der Waals surface area contributed by atoms with E-state index in [1.54, 1.807) is 18.6 Å². The molecule has 4 rings (SSSR count). The Morgan fingerprint density at radius 1 is 1.00 bits per heavy atom. The predicted molar refractivity (Wildman–Crippen MR) is 119 cm³/mol.